The predicted molar refractivity (Wildman–Crippen MR) is 25.4 cm³/mol. The van der Waals surface area contributed by atoms with Gasteiger partial charge in [0.1, 0.15) is 0 Å². The number of rotatable bonds is 1. The maximum Gasteiger partial charge on any atom is 0.0730 e. The van der Waals surface area contributed by atoms with Gasteiger partial charge in [0.25, 0.3) is 0 Å². The second-order valence-electron chi connectivity index (χ2n) is 1.14. The van der Waals surface area contributed by atoms with E-state index in [0.29, 0.717) is 0 Å². The summed E-state index contributed by atoms with van der Waals surface area (Å²) in [5, 5.41) is 7.22. The van der Waals surface area contributed by atoms with Crippen molar-refractivity contribution in [2.75, 3.05) is 0 Å². The molecule has 0 unspecified atom stereocenters. The smallest absolute Gasteiger partial charge is 0.0730 e. The van der Waals surface area contributed by atoms with E-state index in [9.17, 15) is 0 Å². The molecule has 0 aromatic carbocycles. The van der Waals surface area contributed by atoms with Crippen LogP contribution in [0.2, 0.25) is 0 Å². The Balaban J connectivity index is 2.76. The van der Waals surface area contributed by atoms with E-state index in [1.807, 2.05) is 13.5 Å². The van der Waals surface area contributed by atoms with Crippen LogP contribution >= 0.6 is 0 Å². The highest BCUT2D eigenvalue weighted by atomic mass is 15.4. The third-order valence-electron chi connectivity index (χ3n) is 0.706. The standard InChI is InChI=1S/C4H6N3/c1-2-7-4-3-5-6-7/h2-4H,1H3. The molecule has 1 aromatic rings. The monoisotopic (exact) mass is 96.1 g/mol. The van der Waals surface area contributed by atoms with Crippen molar-refractivity contribution in [3.63, 3.8) is 0 Å². The highest BCUT2D eigenvalue weighted by Gasteiger charge is 1.79. The molecule has 0 N–H and O–H groups in total. The molecule has 0 saturated heterocycles. The summed E-state index contributed by atoms with van der Waals surface area (Å²) in [5.41, 5.74) is 0. The predicted octanol–water partition coefficient (Wildman–Crippen LogP) is 0.308. The van der Waals surface area contributed by atoms with E-state index in [2.05, 4.69) is 10.3 Å². The molecule has 7 heavy (non-hydrogen) atoms. The highest BCUT2D eigenvalue weighted by Crippen LogP contribution is 1.78. The van der Waals surface area contributed by atoms with Crippen molar-refractivity contribution in [2.24, 2.45) is 0 Å². The van der Waals surface area contributed by atoms with Gasteiger partial charge < -0.3 is 0 Å². The highest BCUT2D eigenvalue weighted by molar-refractivity contribution is 4.69. The number of aromatic nitrogens is 3. The zero-order valence-electron chi connectivity index (χ0n) is 4.07. The van der Waals surface area contributed by atoms with Gasteiger partial charge in [-0.15, -0.1) is 5.10 Å². The Morgan fingerprint density at radius 3 is 2.86 bits per heavy atom. The van der Waals surface area contributed by atoms with Crippen LogP contribution < -0.4 is 0 Å². The molecule has 0 aliphatic rings. The average molecular weight is 96.1 g/mol. The summed E-state index contributed by atoms with van der Waals surface area (Å²) in [6, 6.07) is 0. The first-order valence-electron chi connectivity index (χ1n) is 2.09. The Morgan fingerprint density at radius 1 is 1.71 bits per heavy atom. The Bertz CT molecular complexity index is 121. The van der Waals surface area contributed by atoms with Crippen LogP contribution in [0.15, 0.2) is 12.4 Å². The zero-order chi connectivity index (χ0) is 5.11. The van der Waals surface area contributed by atoms with Gasteiger partial charge in [-0.25, -0.2) is 4.68 Å². The van der Waals surface area contributed by atoms with Gasteiger partial charge in [0.15, 0.2) is 0 Å². The fourth-order valence-corrected chi connectivity index (χ4v) is 0.355. The van der Waals surface area contributed by atoms with Crippen LogP contribution in [0.3, 0.4) is 0 Å². The molecule has 1 aromatic heterocycles. The number of nitrogens with zero attached hydrogens (tertiary/aromatic N) is 3. The molecule has 1 radical (unpaired) electrons. The van der Waals surface area contributed by atoms with Gasteiger partial charge in [-0.05, 0) is 6.92 Å². The van der Waals surface area contributed by atoms with Crippen molar-refractivity contribution < 1.29 is 0 Å². The van der Waals surface area contributed by atoms with E-state index in [4.69, 9.17) is 0 Å². The topological polar surface area (TPSA) is 30.7 Å². The van der Waals surface area contributed by atoms with Gasteiger partial charge in [-0.1, -0.05) is 5.21 Å². The number of hydrogen-bond donors (Lipinski definition) is 0. The summed E-state index contributed by atoms with van der Waals surface area (Å²) in [6.07, 6.45) is 3.42. The molecule has 1 rings (SSSR count). The van der Waals surface area contributed by atoms with E-state index >= 15 is 0 Å². The zero-order valence-corrected chi connectivity index (χ0v) is 4.07. The summed E-state index contributed by atoms with van der Waals surface area (Å²) >= 11 is 0. The second kappa shape index (κ2) is 1.73. The van der Waals surface area contributed by atoms with E-state index in [0.717, 1.165) is 0 Å². The normalized spacial score (nSPS) is 9.29. The molecule has 0 fully saturated rings. The van der Waals surface area contributed by atoms with Crippen molar-refractivity contribution in [1.82, 2.24) is 15.0 Å². The van der Waals surface area contributed by atoms with Gasteiger partial charge in [0, 0.05) is 6.20 Å². The summed E-state index contributed by atoms with van der Waals surface area (Å²) < 4.78 is 1.64. The molecule has 3 nitrogen and oxygen atoms in total. The molecule has 0 atom stereocenters. The lowest BCUT2D eigenvalue weighted by molar-refractivity contribution is 0.749. The van der Waals surface area contributed by atoms with Crippen molar-refractivity contribution >= 4 is 0 Å². The van der Waals surface area contributed by atoms with Gasteiger partial charge >= 0.3 is 0 Å². The van der Waals surface area contributed by atoms with E-state index < -0.39 is 0 Å². The molecule has 0 amide bonds. The number of hydrogen-bond acceptors (Lipinski definition) is 2. The Hall–Kier alpha value is -0.860. The third-order valence-corrected chi connectivity index (χ3v) is 0.706. The molecule has 0 spiro atoms. The summed E-state index contributed by atoms with van der Waals surface area (Å²) in [5.74, 6) is 0. The summed E-state index contributed by atoms with van der Waals surface area (Å²) in [4.78, 5) is 0. The van der Waals surface area contributed by atoms with Crippen LogP contribution in [0.4, 0.5) is 0 Å². The van der Waals surface area contributed by atoms with Crippen LogP contribution in [0.25, 0.3) is 0 Å². The molecular weight excluding hydrogens is 90.1 g/mol. The first-order chi connectivity index (χ1) is 3.43. The van der Waals surface area contributed by atoms with Crippen molar-refractivity contribution in [1.29, 1.82) is 0 Å². The quantitative estimate of drug-likeness (QED) is 0.503. The second-order valence-corrected chi connectivity index (χ2v) is 1.14. The van der Waals surface area contributed by atoms with Crippen molar-refractivity contribution in [2.45, 2.75) is 6.92 Å². The summed E-state index contributed by atoms with van der Waals surface area (Å²) in [6.45, 7) is 3.72. The minimum atomic E-state index is 1.64. The SMILES string of the molecule is C[CH]n1ccnn1. The lowest BCUT2D eigenvalue weighted by atomic mass is 10.7. The minimum Gasteiger partial charge on any atom is -0.248 e. The molecule has 0 aliphatic carbocycles. The van der Waals surface area contributed by atoms with Crippen molar-refractivity contribution in [3.8, 4) is 0 Å². The fourth-order valence-electron chi connectivity index (χ4n) is 0.355. The van der Waals surface area contributed by atoms with Crippen LogP contribution in [0.5, 0.6) is 0 Å². The lowest BCUT2D eigenvalue weighted by Crippen LogP contribution is -1.90. The Kier molecular flexibility index (Phi) is 1.06. The molecule has 0 saturated carbocycles. The van der Waals surface area contributed by atoms with E-state index in [-0.39, 0.29) is 0 Å². The summed E-state index contributed by atoms with van der Waals surface area (Å²) in [7, 11) is 0. The maximum absolute atomic E-state index is 3.65. The van der Waals surface area contributed by atoms with Crippen molar-refractivity contribution in [3.05, 3.63) is 18.9 Å². The molecule has 37 valence electrons. The molecule has 0 bridgehead atoms. The first kappa shape index (κ1) is 4.30. The molecular formula is C4H6N3. The largest absolute Gasteiger partial charge is 0.248 e. The lowest BCUT2D eigenvalue weighted by Gasteiger charge is -1.84. The van der Waals surface area contributed by atoms with Gasteiger partial charge in [0.05, 0.1) is 12.7 Å². The van der Waals surface area contributed by atoms with Crippen LogP contribution in [-0.4, -0.2) is 15.0 Å². The molecule has 3 heteroatoms. The van der Waals surface area contributed by atoms with Crippen LogP contribution in [-0.2, 0) is 0 Å². The van der Waals surface area contributed by atoms with Gasteiger partial charge in [-0.3, -0.25) is 0 Å². The van der Waals surface area contributed by atoms with Crippen LogP contribution in [0, 0.1) is 6.54 Å². The molecule has 1 heterocycles. The minimum absolute atomic E-state index is 1.64. The van der Waals surface area contributed by atoms with E-state index in [1.54, 1.807) is 17.1 Å². The third kappa shape index (κ3) is 0.765. The Labute approximate surface area is 42.0 Å². The maximum atomic E-state index is 3.65. The fraction of sp³-hybridized carbons (Fsp3) is 0.250. The van der Waals surface area contributed by atoms with Crippen LogP contribution in [0.1, 0.15) is 6.92 Å². The Morgan fingerprint density at radius 2 is 2.57 bits per heavy atom. The average Bonchev–Trinajstić information content (AvgIpc) is 2.14. The van der Waals surface area contributed by atoms with Gasteiger partial charge in [-0.2, -0.15) is 0 Å². The molecule has 0 aliphatic heterocycles. The van der Waals surface area contributed by atoms with Gasteiger partial charge in [0.2, 0.25) is 0 Å². The first-order valence-corrected chi connectivity index (χ1v) is 2.09. The van der Waals surface area contributed by atoms with E-state index in [1.165, 1.54) is 0 Å².